The Labute approximate surface area is 397 Å². The van der Waals surface area contributed by atoms with E-state index in [1.54, 1.807) is 0 Å². The third-order valence-corrected chi connectivity index (χ3v) is 12.4. The fourth-order valence-corrected chi connectivity index (χ4v) is 8.14. The summed E-state index contributed by atoms with van der Waals surface area (Å²) >= 11 is 0. The van der Waals surface area contributed by atoms with Gasteiger partial charge in [-0.3, -0.25) is 14.4 Å². The maximum absolute atomic E-state index is 12.8. The van der Waals surface area contributed by atoms with Crippen molar-refractivity contribution in [3.8, 4) is 0 Å². The van der Waals surface area contributed by atoms with Crippen LogP contribution in [0.15, 0.2) is 36.5 Å². The van der Waals surface area contributed by atoms with Crippen LogP contribution in [0.5, 0.6) is 0 Å². The second kappa shape index (κ2) is 53.2. The molecule has 0 saturated heterocycles. The van der Waals surface area contributed by atoms with Crippen LogP contribution in [0.2, 0.25) is 0 Å². The molecule has 0 amide bonds. The molecule has 6 nitrogen and oxygen atoms in total. The van der Waals surface area contributed by atoms with E-state index in [1.807, 2.05) is 0 Å². The van der Waals surface area contributed by atoms with Gasteiger partial charge < -0.3 is 14.2 Å². The molecule has 0 heterocycles. The summed E-state index contributed by atoms with van der Waals surface area (Å²) in [5, 5.41) is 0. The van der Waals surface area contributed by atoms with Gasteiger partial charge >= 0.3 is 17.9 Å². The summed E-state index contributed by atoms with van der Waals surface area (Å²) < 4.78 is 16.8. The van der Waals surface area contributed by atoms with E-state index in [0.717, 1.165) is 77.0 Å². The van der Waals surface area contributed by atoms with Crippen molar-refractivity contribution >= 4 is 17.9 Å². The third-order valence-electron chi connectivity index (χ3n) is 12.4. The highest BCUT2D eigenvalue weighted by Gasteiger charge is 2.19. The minimum absolute atomic E-state index is 0.0783. The van der Waals surface area contributed by atoms with Gasteiger partial charge in [0.1, 0.15) is 13.2 Å². The Morgan fingerprint density at radius 3 is 0.922 bits per heavy atom. The van der Waals surface area contributed by atoms with Gasteiger partial charge in [-0.25, -0.2) is 0 Å². The zero-order valence-corrected chi connectivity index (χ0v) is 42.8. The molecule has 0 saturated carbocycles. The highest BCUT2D eigenvalue weighted by Crippen LogP contribution is 2.16. The molecule has 0 fully saturated rings. The molecule has 6 heteroatoms. The SMILES string of the molecule is CCCCC/C=C\C=C/CCCCCCCCC(=O)OC(COC(=O)CCCCC/C=C\CCCCCCCC)COC(=O)CCCCCCCCCCCCCCCCCCCC. The van der Waals surface area contributed by atoms with Crippen LogP contribution >= 0.6 is 0 Å². The molecule has 0 rings (SSSR count). The number of ether oxygens (including phenoxy) is 3. The Morgan fingerprint density at radius 2 is 0.562 bits per heavy atom. The Morgan fingerprint density at radius 1 is 0.312 bits per heavy atom. The first-order valence-electron chi connectivity index (χ1n) is 28.0. The molecule has 0 aromatic heterocycles. The Balaban J connectivity index is 4.35. The van der Waals surface area contributed by atoms with Gasteiger partial charge in [-0.15, -0.1) is 0 Å². The van der Waals surface area contributed by atoms with E-state index in [-0.39, 0.29) is 31.1 Å². The summed E-state index contributed by atoms with van der Waals surface area (Å²) in [7, 11) is 0. The summed E-state index contributed by atoms with van der Waals surface area (Å²) in [6.07, 6.45) is 62.7. The number of carbonyl (C=O) groups excluding carboxylic acids is 3. The number of hydrogen-bond acceptors (Lipinski definition) is 6. The molecule has 0 aliphatic heterocycles. The van der Waals surface area contributed by atoms with Crippen molar-refractivity contribution in [1.82, 2.24) is 0 Å². The summed E-state index contributed by atoms with van der Waals surface area (Å²) in [6.45, 7) is 6.61. The van der Waals surface area contributed by atoms with Crippen molar-refractivity contribution in [2.75, 3.05) is 13.2 Å². The number of unbranched alkanes of at least 4 members (excludes halogenated alkanes) is 35. The van der Waals surface area contributed by atoms with E-state index in [1.165, 1.54) is 180 Å². The fourth-order valence-electron chi connectivity index (χ4n) is 8.14. The molecule has 0 spiro atoms. The van der Waals surface area contributed by atoms with E-state index >= 15 is 0 Å². The van der Waals surface area contributed by atoms with Crippen LogP contribution in [-0.4, -0.2) is 37.2 Å². The summed E-state index contributed by atoms with van der Waals surface area (Å²) in [5.74, 6) is -0.892. The van der Waals surface area contributed by atoms with Crippen molar-refractivity contribution in [1.29, 1.82) is 0 Å². The molecule has 0 aromatic rings. The van der Waals surface area contributed by atoms with Gasteiger partial charge in [0.15, 0.2) is 6.10 Å². The first kappa shape index (κ1) is 61.6. The van der Waals surface area contributed by atoms with Gasteiger partial charge in [-0.2, -0.15) is 0 Å². The van der Waals surface area contributed by atoms with Crippen molar-refractivity contribution in [3.63, 3.8) is 0 Å². The Hall–Kier alpha value is -2.37. The Kier molecular flexibility index (Phi) is 51.3. The lowest BCUT2D eigenvalue weighted by atomic mass is 10.0. The highest BCUT2D eigenvalue weighted by atomic mass is 16.6. The van der Waals surface area contributed by atoms with Crippen LogP contribution in [0, 0.1) is 0 Å². The largest absolute Gasteiger partial charge is 0.462 e. The van der Waals surface area contributed by atoms with Crippen LogP contribution in [0.1, 0.15) is 297 Å². The fraction of sp³-hybridized carbons (Fsp3) is 0.845. The number of carbonyl (C=O) groups is 3. The van der Waals surface area contributed by atoms with Crippen molar-refractivity contribution in [3.05, 3.63) is 36.5 Å². The monoisotopic (exact) mass is 899 g/mol. The van der Waals surface area contributed by atoms with Gasteiger partial charge in [0, 0.05) is 19.3 Å². The van der Waals surface area contributed by atoms with Crippen molar-refractivity contribution < 1.29 is 28.6 Å². The molecule has 0 bridgehead atoms. The maximum atomic E-state index is 12.8. The lowest BCUT2D eigenvalue weighted by Crippen LogP contribution is -2.30. The molecule has 1 unspecified atom stereocenters. The molecule has 0 aliphatic rings. The number of hydrogen-bond donors (Lipinski definition) is 0. The van der Waals surface area contributed by atoms with Gasteiger partial charge in [0.2, 0.25) is 0 Å². The number of rotatable bonds is 51. The lowest BCUT2D eigenvalue weighted by Gasteiger charge is -2.18. The van der Waals surface area contributed by atoms with E-state index in [4.69, 9.17) is 14.2 Å². The molecular formula is C58H106O6. The average molecular weight is 899 g/mol. The zero-order valence-electron chi connectivity index (χ0n) is 42.8. The molecule has 374 valence electrons. The average Bonchev–Trinajstić information content (AvgIpc) is 3.29. The normalized spacial score (nSPS) is 12.2. The predicted octanol–water partition coefficient (Wildman–Crippen LogP) is 18.5. The minimum atomic E-state index is -0.781. The van der Waals surface area contributed by atoms with Crippen LogP contribution in [0.4, 0.5) is 0 Å². The summed E-state index contributed by atoms with van der Waals surface area (Å²) in [4.78, 5) is 38.1. The molecule has 0 radical (unpaired) electrons. The summed E-state index contributed by atoms with van der Waals surface area (Å²) in [5.41, 5.74) is 0. The van der Waals surface area contributed by atoms with Gasteiger partial charge in [-0.1, -0.05) is 243 Å². The number of allylic oxidation sites excluding steroid dienone is 6. The molecule has 0 N–H and O–H groups in total. The predicted molar refractivity (Wildman–Crippen MR) is 275 cm³/mol. The standard InChI is InChI=1S/C58H106O6/c1-4-7-10-13-16-19-22-25-27-28-29-31-33-36-39-42-45-48-51-57(60)63-54-55(53-62-56(59)50-47-44-41-38-35-32-24-21-18-15-12-9-6-3)64-58(61)52-49-46-43-40-37-34-30-26-23-20-17-14-11-8-5-2/h17,20,23,26,32,35,55H,4-16,18-19,21-22,24-25,27-31,33-34,36-54H2,1-3H3/b20-17-,26-23-,35-32-. The topological polar surface area (TPSA) is 78.9 Å². The van der Waals surface area contributed by atoms with Gasteiger partial charge in [-0.05, 0) is 70.6 Å². The second-order valence-corrected chi connectivity index (χ2v) is 18.9. The maximum Gasteiger partial charge on any atom is 0.306 e. The number of esters is 3. The molecule has 0 aliphatic carbocycles. The summed E-state index contributed by atoms with van der Waals surface area (Å²) in [6, 6.07) is 0. The van der Waals surface area contributed by atoms with Crippen molar-refractivity contribution in [2.45, 2.75) is 303 Å². The van der Waals surface area contributed by atoms with E-state index < -0.39 is 6.10 Å². The van der Waals surface area contributed by atoms with E-state index in [0.29, 0.717) is 19.3 Å². The molecule has 1 atom stereocenters. The van der Waals surface area contributed by atoms with Crippen molar-refractivity contribution in [2.24, 2.45) is 0 Å². The highest BCUT2D eigenvalue weighted by molar-refractivity contribution is 5.71. The molecular weight excluding hydrogens is 793 g/mol. The second-order valence-electron chi connectivity index (χ2n) is 18.9. The first-order valence-corrected chi connectivity index (χ1v) is 28.0. The minimum Gasteiger partial charge on any atom is -0.462 e. The lowest BCUT2D eigenvalue weighted by molar-refractivity contribution is -0.167. The Bertz CT molecular complexity index is 1080. The first-order chi connectivity index (χ1) is 31.5. The van der Waals surface area contributed by atoms with Gasteiger partial charge in [0.05, 0.1) is 0 Å². The van der Waals surface area contributed by atoms with E-state index in [2.05, 4.69) is 57.2 Å². The van der Waals surface area contributed by atoms with Crippen LogP contribution < -0.4 is 0 Å². The van der Waals surface area contributed by atoms with Gasteiger partial charge in [0.25, 0.3) is 0 Å². The zero-order chi connectivity index (χ0) is 46.5. The molecule has 64 heavy (non-hydrogen) atoms. The quantitative estimate of drug-likeness (QED) is 0.0199. The smallest absolute Gasteiger partial charge is 0.306 e. The van der Waals surface area contributed by atoms with Crippen LogP contribution in [-0.2, 0) is 28.6 Å². The van der Waals surface area contributed by atoms with Crippen LogP contribution in [0.3, 0.4) is 0 Å². The van der Waals surface area contributed by atoms with Crippen LogP contribution in [0.25, 0.3) is 0 Å². The molecule has 0 aromatic carbocycles. The van der Waals surface area contributed by atoms with E-state index in [9.17, 15) is 14.4 Å². The third kappa shape index (κ3) is 50.6.